The minimum Gasteiger partial charge on any atom is -0.440 e. The van der Waals surface area contributed by atoms with Gasteiger partial charge in [-0.15, -0.1) is 0 Å². The van der Waals surface area contributed by atoms with Gasteiger partial charge in [0.1, 0.15) is 11.9 Å². The van der Waals surface area contributed by atoms with E-state index in [4.69, 9.17) is 4.42 Å². The maximum absolute atomic E-state index is 12.0. The van der Waals surface area contributed by atoms with Crippen molar-refractivity contribution in [1.29, 1.82) is 0 Å². The van der Waals surface area contributed by atoms with Gasteiger partial charge in [-0.2, -0.15) is 13.2 Å². The quantitative estimate of drug-likeness (QED) is 0.729. The Morgan fingerprint density at radius 2 is 2.07 bits per heavy atom. The minimum absolute atomic E-state index is 0.289. The minimum atomic E-state index is -4.28. The number of hydrogen-bond acceptors (Lipinski definition) is 2. The van der Waals surface area contributed by atoms with Crippen LogP contribution in [0.1, 0.15) is 11.5 Å². The van der Waals surface area contributed by atoms with Gasteiger partial charge in [-0.3, -0.25) is 0 Å². The van der Waals surface area contributed by atoms with E-state index in [1.165, 1.54) is 0 Å². The molecule has 0 aliphatic rings. The number of nitrogens with zero attached hydrogens (tertiary/aromatic N) is 1. The molecule has 0 N–H and O–H groups in total. The van der Waals surface area contributed by atoms with Crippen LogP contribution >= 0.6 is 0 Å². The molecule has 0 unspecified atom stereocenters. The lowest BCUT2D eigenvalue weighted by atomic mass is 10.2. The van der Waals surface area contributed by atoms with E-state index in [0.29, 0.717) is 11.1 Å². The molecule has 0 amide bonds. The average molecular weight is 215 g/mol. The fourth-order valence-electron chi connectivity index (χ4n) is 1.33. The van der Waals surface area contributed by atoms with Crippen LogP contribution < -0.4 is 0 Å². The van der Waals surface area contributed by atoms with Gasteiger partial charge in [0.25, 0.3) is 0 Å². The second-order valence-electron chi connectivity index (χ2n) is 3.37. The Balaban J connectivity index is 2.39. The first-order valence-corrected chi connectivity index (χ1v) is 4.37. The second-order valence-corrected chi connectivity index (χ2v) is 3.37. The van der Waals surface area contributed by atoms with Gasteiger partial charge in [-0.05, 0) is 24.6 Å². The number of benzene rings is 1. The van der Waals surface area contributed by atoms with Crippen molar-refractivity contribution in [2.24, 2.45) is 0 Å². The Labute approximate surface area is 83.7 Å². The zero-order chi connectivity index (χ0) is 11.1. The third-order valence-corrected chi connectivity index (χ3v) is 1.94. The highest BCUT2D eigenvalue weighted by Crippen LogP contribution is 2.24. The van der Waals surface area contributed by atoms with E-state index in [1.807, 2.05) is 6.92 Å². The van der Waals surface area contributed by atoms with Crippen LogP contribution in [0.5, 0.6) is 0 Å². The monoisotopic (exact) mass is 215 g/mol. The van der Waals surface area contributed by atoms with E-state index in [-0.39, 0.29) is 5.89 Å². The molecule has 0 radical (unpaired) electrons. The smallest absolute Gasteiger partial charge is 0.397 e. The molecule has 15 heavy (non-hydrogen) atoms. The van der Waals surface area contributed by atoms with Gasteiger partial charge < -0.3 is 4.42 Å². The Bertz CT molecular complexity index is 487. The number of hydrogen-bond donors (Lipinski definition) is 0. The van der Waals surface area contributed by atoms with E-state index < -0.39 is 12.6 Å². The first kappa shape index (κ1) is 10.0. The molecule has 1 aromatic heterocycles. The van der Waals surface area contributed by atoms with Crippen molar-refractivity contribution < 1.29 is 17.6 Å². The molecule has 0 aliphatic heterocycles. The van der Waals surface area contributed by atoms with Crippen molar-refractivity contribution in [3.05, 3.63) is 29.7 Å². The van der Waals surface area contributed by atoms with Crippen LogP contribution in [-0.4, -0.2) is 11.2 Å². The molecule has 0 bridgehead atoms. The molecule has 0 atom stereocenters. The van der Waals surface area contributed by atoms with Crippen LogP contribution in [0.15, 0.2) is 22.6 Å². The van der Waals surface area contributed by atoms with Crippen LogP contribution in [0.4, 0.5) is 13.2 Å². The summed E-state index contributed by atoms with van der Waals surface area (Å²) in [6, 6.07) is 5.10. The fraction of sp³-hybridized carbons (Fsp3) is 0.300. The summed E-state index contributed by atoms with van der Waals surface area (Å²) in [5, 5.41) is 0. The van der Waals surface area contributed by atoms with Crippen LogP contribution in [0.3, 0.4) is 0 Å². The Kier molecular flexibility index (Phi) is 2.17. The van der Waals surface area contributed by atoms with E-state index in [1.54, 1.807) is 18.2 Å². The highest BCUT2D eigenvalue weighted by atomic mass is 19.4. The highest BCUT2D eigenvalue weighted by molar-refractivity contribution is 5.73. The van der Waals surface area contributed by atoms with Crippen molar-refractivity contribution in [1.82, 2.24) is 4.98 Å². The summed E-state index contributed by atoms with van der Waals surface area (Å²) < 4.78 is 41.1. The van der Waals surface area contributed by atoms with Crippen molar-refractivity contribution in [3.8, 4) is 0 Å². The van der Waals surface area contributed by atoms with E-state index in [0.717, 1.165) is 5.56 Å². The normalized spacial score (nSPS) is 12.3. The van der Waals surface area contributed by atoms with E-state index >= 15 is 0 Å². The largest absolute Gasteiger partial charge is 0.440 e. The highest BCUT2D eigenvalue weighted by Gasteiger charge is 2.30. The number of aryl methyl sites for hydroxylation is 1. The van der Waals surface area contributed by atoms with Crippen LogP contribution in [-0.2, 0) is 6.42 Å². The van der Waals surface area contributed by atoms with E-state index in [2.05, 4.69) is 4.98 Å². The fourth-order valence-corrected chi connectivity index (χ4v) is 1.33. The maximum Gasteiger partial charge on any atom is 0.397 e. The predicted octanol–water partition coefficient (Wildman–Crippen LogP) is 3.24. The van der Waals surface area contributed by atoms with Gasteiger partial charge in [0.05, 0.1) is 0 Å². The summed E-state index contributed by atoms with van der Waals surface area (Å²) in [4.78, 5) is 3.75. The van der Waals surface area contributed by atoms with Gasteiger partial charge >= 0.3 is 6.18 Å². The van der Waals surface area contributed by atoms with E-state index in [9.17, 15) is 13.2 Å². The summed E-state index contributed by atoms with van der Waals surface area (Å²) in [7, 11) is 0. The Morgan fingerprint density at radius 1 is 1.33 bits per heavy atom. The molecular formula is C10H8F3NO. The van der Waals surface area contributed by atoms with Gasteiger partial charge in [0, 0.05) is 0 Å². The van der Waals surface area contributed by atoms with Gasteiger partial charge in [-0.1, -0.05) is 6.07 Å². The molecule has 1 aromatic carbocycles. The molecule has 80 valence electrons. The summed E-state index contributed by atoms with van der Waals surface area (Å²) in [6.45, 7) is 1.84. The average Bonchev–Trinajstić information content (AvgIpc) is 2.42. The lowest BCUT2D eigenvalue weighted by molar-refractivity contribution is -0.130. The zero-order valence-corrected chi connectivity index (χ0v) is 7.93. The number of halogens is 3. The number of aromatic nitrogens is 1. The molecule has 5 heteroatoms. The molecule has 0 aliphatic carbocycles. The molecule has 1 heterocycles. The number of oxazole rings is 1. The predicted molar refractivity (Wildman–Crippen MR) is 48.5 cm³/mol. The van der Waals surface area contributed by atoms with Crippen molar-refractivity contribution in [2.75, 3.05) is 0 Å². The molecule has 2 rings (SSSR count). The standard InChI is InChI=1S/C10H8F3NO/c1-6-2-3-7-8(4-6)15-9(14-7)5-10(11,12)13/h2-4H,5H2,1H3. The maximum atomic E-state index is 12.0. The third kappa shape index (κ3) is 2.29. The molecular weight excluding hydrogens is 207 g/mol. The topological polar surface area (TPSA) is 26.0 Å². The van der Waals surface area contributed by atoms with Crippen LogP contribution in [0.25, 0.3) is 11.1 Å². The van der Waals surface area contributed by atoms with Crippen molar-refractivity contribution >= 4 is 11.1 Å². The molecule has 0 saturated carbocycles. The zero-order valence-electron chi connectivity index (χ0n) is 7.93. The van der Waals surface area contributed by atoms with Crippen molar-refractivity contribution in [2.45, 2.75) is 19.5 Å². The van der Waals surface area contributed by atoms with Crippen molar-refractivity contribution in [3.63, 3.8) is 0 Å². The molecule has 2 aromatic rings. The lowest BCUT2D eigenvalue weighted by Crippen LogP contribution is -2.11. The van der Waals surface area contributed by atoms with Gasteiger partial charge in [0.2, 0.25) is 5.89 Å². The molecule has 0 fully saturated rings. The summed E-state index contributed by atoms with van der Waals surface area (Å²) in [5.41, 5.74) is 1.78. The molecule has 0 saturated heterocycles. The Hall–Kier alpha value is -1.52. The second kappa shape index (κ2) is 3.25. The number of fused-ring (bicyclic) bond motifs is 1. The molecule has 2 nitrogen and oxygen atoms in total. The third-order valence-electron chi connectivity index (χ3n) is 1.94. The lowest BCUT2D eigenvalue weighted by Gasteiger charge is -2.00. The van der Waals surface area contributed by atoms with Gasteiger partial charge in [0.15, 0.2) is 5.58 Å². The van der Waals surface area contributed by atoms with Gasteiger partial charge in [-0.25, -0.2) is 4.98 Å². The first-order valence-electron chi connectivity index (χ1n) is 4.37. The summed E-state index contributed by atoms with van der Waals surface area (Å²) >= 11 is 0. The first-order chi connectivity index (χ1) is 6.94. The number of alkyl halides is 3. The molecule has 0 spiro atoms. The Morgan fingerprint density at radius 3 is 2.73 bits per heavy atom. The number of rotatable bonds is 1. The van der Waals surface area contributed by atoms with Crippen LogP contribution in [0, 0.1) is 6.92 Å². The summed E-state index contributed by atoms with van der Waals surface area (Å²) in [6.07, 6.45) is -5.41. The SMILES string of the molecule is Cc1ccc2nc(CC(F)(F)F)oc2c1. The summed E-state index contributed by atoms with van der Waals surface area (Å²) in [5.74, 6) is -0.289. The van der Waals surface area contributed by atoms with Crippen LogP contribution in [0.2, 0.25) is 0 Å².